The molecule has 0 aliphatic heterocycles. The molecule has 0 bridgehead atoms. The number of benzene rings is 2. The van der Waals surface area contributed by atoms with E-state index in [1.165, 1.54) is 12.3 Å². The van der Waals surface area contributed by atoms with Crippen LogP contribution in [0.1, 0.15) is 21.5 Å². The molecule has 0 radical (unpaired) electrons. The predicted octanol–water partition coefficient (Wildman–Crippen LogP) is 4.50. The van der Waals surface area contributed by atoms with Crippen LogP contribution in [0.3, 0.4) is 0 Å². The molecular weight excluding hydrogens is 277 g/mol. The topological polar surface area (TPSA) is 32.9 Å². The Labute approximate surface area is 120 Å². The average molecular weight is 288 g/mol. The van der Waals surface area contributed by atoms with Gasteiger partial charge in [-0.2, -0.15) is 0 Å². The Morgan fingerprint density at radius 1 is 1.15 bits per heavy atom. The third-order valence-corrected chi connectivity index (χ3v) is 3.82. The van der Waals surface area contributed by atoms with Crippen molar-refractivity contribution in [1.82, 2.24) is 4.98 Å². The first kappa shape index (κ1) is 12.9. The molecule has 1 N–H and O–H groups in total. The van der Waals surface area contributed by atoms with Crippen LogP contribution in [-0.2, 0) is 0 Å². The first-order valence-corrected chi connectivity index (χ1v) is 6.53. The van der Waals surface area contributed by atoms with Gasteiger partial charge in [-0.1, -0.05) is 29.8 Å². The smallest absolute Gasteiger partial charge is 0.195 e. The van der Waals surface area contributed by atoms with Gasteiger partial charge in [0.25, 0.3) is 0 Å². The summed E-state index contributed by atoms with van der Waals surface area (Å²) in [5.41, 5.74) is 2.11. The largest absolute Gasteiger partial charge is 0.360 e. The third kappa shape index (κ3) is 1.91. The van der Waals surface area contributed by atoms with Gasteiger partial charge in [-0.15, -0.1) is 0 Å². The minimum Gasteiger partial charge on any atom is -0.360 e. The Kier molecular flexibility index (Phi) is 3.07. The number of carbonyl (C=O) groups is 1. The lowest BCUT2D eigenvalue weighted by Gasteiger charge is -2.06. The van der Waals surface area contributed by atoms with Gasteiger partial charge in [-0.3, -0.25) is 4.79 Å². The van der Waals surface area contributed by atoms with Crippen LogP contribution in [0.4, 0.5) is 4.39 Å². The fourth-order valence-electron chi connectivity index (χ4n) is 2.32. The van der Waals surface area contributed by atoms with Gasteiger partial charge in [0.2, 0.25) is 0 Å². The van der Waals surface area contributed by atoms with E-state index in [9.17, 15) is 9.18 Å². The van der Waals surface area contributed by atoms with Crippen molar-refractivity contribution >= 4 is 28.3 Å². The Morgan fingerprint density at radius 2 is 1.90 bits per heavy atom. The molecule has 0 unspecified atom stereocenters. The van der Waals surface area contributed by atoms with Crippen molar-refractivity contribution < 1.29 is 9.18 Å². The van der Waals surface area contributed by atoms with Gasteiger partial charge < -0.3 is 4.98 Å². The molecule has 0 saturated heterocycles. The molecule has 100 valence electrons. The summed E-state index contributed by atoms with van der Waals surface area (Å²) < 4.78 is 13.9. The van der Waals surface area contributed by atoms with Gasteiger partial charge in [0.1, 0.15) is 5.82 Å². The molecule has 0 saturated carbocycles. The van der Waals surface area contributed by atoms with E-state index in [0.717, 1.165) is 0 Å². The summed E-state index contributed by atoms with van der Waals surface area (Å²) in [6, 6.07) is 9.82. The molecule has 20 heavy (non-hydrogen) atoms. The van der Waals surface area contributed by atoms with Crippen LogP contribution in [0.15, 0.2) is 42.6 Å². The zero-order valence-corrected chi connectivity index (χ0v) is 11.5. The number of rotatable bonds is 2. The van der Waals surface area contributed by atoms with Crippen molar-refractivity contribution in [2.45, 2.75) is 6.92 Å². The van der Waals surface area contributed by atoms with Gasteiger partial charge >= 0.3 is 0 Å². The average Bonchev–Trinajstić information content (AvgIpc) is 2.86. The molecule has 0 amide bonds. The van der Waals surface area contributed by atoms with E-state index in [2.05, 4.69) is 4.98 Å². The Morgan fingerprint density at radius 3 is 2.70 bits per heavy atom. The summed E-state index contributed by atoms with van der Waals surface area (Å²) in [4.78, 5) is 15.5. The van der Waals surface area contributed by atoms with Crippen LogP contribution in [-0.4, -0.2) is 10.8 Å². The minimum atomic E-state index is -0.410. The Balaban J connectivity index is 2.21. The van der Waals surface area contributed by atoms with E-state index in [4.69, 9.17) is 11.6 Å². The minimum absolute atomic E-state index is 0.235. The van der Waals surface area contributed by atoms with E-state index in [0.29, 0.717) is 32.6 Å². The molecule has 1 heterocycles. The van der Waals surface area contributed by atoms with Gasteiger partial charge in [0.15, 0.2) is 5.78 Å². The highest BCUT2D eigenvalue weighted by atomic mass is 35.5. The van der Waals surface area contributed by atoms with E-state index in [1.54, 1.807) is 37.3 Å². The summed E-state index contributed by atoms with van der Waals surface area (Å²) in [6.07, 6.45) is 1.54. The molecule has 0 spiro atoms. The van der Waals surface area contributed by atoms with Crippen LogP contribution in [0.5, 0.6) is 0 Å². The lowest BCUT2D eigenvalue weighted by Crippen LogP contribution is -2.03. The zero-order valence-electron chi connectivity index (χ0n) is 10.7. The number of aromatic nitrogens is 1. The monoisotopic (exact) mass is 287 g/mol. The number of hydrogen-bond acceptors (Lipinski definition) is 1. The van der Waals surface area contributed by atoms with E-state index in [1.807, 2.05) is 0 Å². The van der Waals surface area contributed by atoms with Gasteiger partial charge in [0, 0.05) is 27.7 Å². The molecule has 2 aromatic carbocycles. The molecule has 4 heteroatoms. The molecular formula is C16H11ClFNO. The highest BCUT2D eigenvalue weighted by Crippen LogP contribution is 2.26. The number of nitrogens with one attached hydrogen (secondary N) is 1. The Bertz CT molecular complexity index is 822. The normalized spacial score (nSPS) is 10.9. The van der Waals surface area contributed by atoms with Crippen LogP contribution in [0.2, 0.25) is 5.02 Å². The van der Waals surface area contributed by atoms with Crippen molar-refractivity contribution in [2.24, 2.45) is 0 Å². The fourth-order valence-corrected chi connectivity index (χ4v) is 2.49. The Hall–Kier alpha value is -2.13. The van der Waals surface area contributed by atoms with Crippen molar-refractivity contribution in [3.05, 3.63) is 70.1 Å². The maximum Gasteiger partial charge on any atom is 0.195 e. The van der Waals surface area contributed by atoms with Crippen LogP contribution in [0.25, 0.3) is 10.9 Å². The highest BCUT2D eigenvalue weighted by Gasteiger charge is 2.19. The van der Waals surface area contributed by atoms with E-state index in [-0.39, 0.29) is 5.78 Å². The van der Waals surface area contributed by atoms with Crippen molar-refractivity contribution in [3.8, 4) is 0 Å². The summed E-state index contributed by atoms with van der Waals surface area (Å²) in [7, 11) is 0. The van der Waals surface area contributed by atoms with Gasteiger partial charge in [-0.05, 0) is 30.7 Å². The highest BCUT2D eigenvalue weighted by molar-refractivity contribution is 6.32. The summed E-state index contributed by atoms with van der Waals surface area (Å²) in [6.45, 7) is 1.78. The first-order valence-electron chi connectivity index (χ1n) is 6.15. The molecule has 0 aliphatic carbocycles. The number of fused-ring (bicyclic) bond motifs is 1. The lowest BCUT2D eigenvalue weighted by molar-refractivity contribution is 0.103. The lowest BCUT2D eigenvalue weighted by atomic mass is 9.98. The number of ketones is 1. The summed E-state index contributed by atoms with van der Waals surface area (Å²) in [5, 5.41) is 0.841. The second-order valence-electron chi connectivity index (χ2n) is 4.61. The standard InChI is InChI=1S/C16H11ClFNO/c1-9-10(4-2-5-12(9)17)16(20)11-8-19-14-7-3-6-13(18)15(11)14/h2-8,19H,1H3. The summed E-state index contributed by atoms with van der Waals surface area (Å²) in [5.74, 6) is -0.645. The second-order valence-corrected chi connectivity index (χ2v) is 5.01. The first-order chi connectivity index (χ1) is 9.59. The second kappa shape index (κ2) is 4.76. The van der Waals surface area contributed by atoms with E-state index < -0.39 is 5.82 Å². The van der Waals surface area contributed by atoms with Crippen LogP contribution in [0, 0.1) is 12.7 Å². The molecule has 1 aromatic heterocycles. The zero-order chi connectivity index (χ0) is 14.3. The maximum atomic E-state index is 13.9. The molecule has 0 atom stereocenters. The fraction of sp³-hybridized carbons (Fsp3) is 0.0625. The van der Waals surface area contributed by atoms with Crippen molar-refractivity contribution in [1.29, 1.82) is 0 Å². The van der Waals surface area contributed by atoms with Crippen LogP contribution < -0.4 is 0 Å². The third-order valence-electron chi connectivity index (χ3n) is 3.41. The maximum absolute atomic E-state index is 13.9. The van der Waals surface area contributed by atoms with Gasteiger partial charge in [-0.25, -0.2) is 4.39 Å². The number of carbonyl (C=O) groups excluding carboxylic acids is 1. The molecule has 3 aromatic rings. The number of aromatic amines is 1. The molecule has 0 aliphatic rings. The molecule has 2 nitrogen and oxygen atoms in total. The number of halogens is 2. The van der Waals surface area contributed by atoms with Gasteiger partial charge in [0.05, 0.1) is 5.56 Å². The SMILES string of the molecule is Cc1c(Cl)cccc1C(=O)c1c[nH]c2cccc(F)c12. The molecule has 0 fully saturated rings. The number of hydrogen-bond donors (Lipinski definition) is 1. The van der Waals surface area contributed by atoms with Crippen molar-refractivity contribution in [2.75, 3.05) is 0 Å². The van der Waals surface area contributed by atoms with E-state index >= 15 is 0 Å². The molecule has 3 rings (SSSR count). The summed E-state index contributed by atoms with van der Waals surface area (Å²) >= 11 is 6.03. The number of H-pyrrole nitrogens is 1. The van der Waals surface area contributed by atoms with Crippen molar-refractivity contribution in [3.63, 3.8) is 0 Å². The quantitative estimate of drug-likeness (QED) is 0.692. The predicted molar refractivity (Wildman–Crippen MR) is 77.9 cm³/mol. The van der Waals surface area contributed by atoms with Crippen LogP contribution >= 0.6 is 11.6 Å².